The normalized spacial score (nSPS) is 11.4. The number of benzene rings is 1. The third-order valence-corrected chi connectivity index (χ3v) is 4.81. The van der Waals surface area contributed by atoms with E-state index in [9.17, 15) is 18.0 Å². The van der Waals surface area contributed by atoms with Crippen LogP contribution in [0.2, 0.25) is 5.02 Å². The van der Waals surface area contributed by atoms with Crippen molar-refractivity contribution in [3.8, 4) is 0 Å². The zero-order valence-corrected chi connectivity index (χ0v) is 15.4. The second-order valence-corrected chi connectivity index (χ2v) is 7.13. The molecule has 0 aliphatic rings. The minimum atomic E-state index is -4.44. The van der Waals surface area contributed by atoms with Gasteiger partial charge in [0, 0.05) is 28.7 Å². The molecule has 1 aromatic carbocycles. The molecule has 0 fully saturated rings. The van der Waals surface area contributed by atoms with Gasteiger partial charge < -0.3 is 0 Å². The van der Waals surface area contributed by atoms with Gasteiger partial charge in [0.25, 0.3) is 5.91 Å². The number of carbonyl (C=O) groups excluding carboxylic acids is 1. The van der Waals surface area contributed by atoms with Crippen molar-refractivity contribution in [3.63, 3.8) is 0 Å². The van der Waals surface area contributed by atoms with E-state index in [1.807, 2.05) is 0 Å². The summed E-state index contributed by atoms with van der Waals surface area (Å²) in [6.45, 7) is 1.75. The van der Waals surface area contributed by atoms with E-state index in [0.29, 0.717) is 21.3 Å². The molecule has 5 nitrogen and oxygen atoms in total. The highest BCUT2D eigenvalue weighted by molar-refractivity contribution is 7.15. The Morgan fingerprint density at radius 3 is 2.63 bits per heavy atom. The molecule has 0 spiro atoms. The predicted molar refractivity (Wildman–Crippen MR) is 96.1 cm³/mol. The van der Waals surface area contributed by atoms with E-state index < -0.39 is 17.6 Å². The largest absolute Gasteiger partial charge is 0.416 e. The molecule has 0 radical (unpaired) electrons. The number of hydrogen-bond acceptors (Lipinski definition) is 5. The van der Waals surface area contributed by atoms with E-state index >= 15 is 0 Å². The number of hydrogen-bond donors (Lipinski definition) is 1. The number of anilines is 1. The van der Waals surface area contributed by atoms with Gasteiger partial charge in [-0.25, -0.2) is 9.97 Å². The molecule has 0 atom stereocenters. The lowest BCUT2D eigenvalue weighted by molar-refractivity contribution is -0.137. The van der Waals surface area contributed by atoms with Crippen LogP contribution in [0.15, 0.2) is 36.8 Å². The molecule has 0 aliphatic carbocycles. The number of thiazole rings is 1. The maximum atomic E-state index is 12.9. The third kappa shape index (κ3) is 4.81. The highest BCUT2D eigenvalue weighted by Gasteiger charge is 2.30. The minimum Gasteiger partial charge on any atom is -0.296 e. The van der Waals surface area contributed by atoms with Gasteiger partial charge in [-0.15, -0.1) is 11.3 Å². The van der Waals surface area contributed by atoms with E-state index in [1.54, 1.807) is 6.92 Å². The molecular formula is C17H12ClF3N4OS. The summed E-state index contributed by atoms with van der Waals surface area (Å²) >= 11 is 7.16. The Labute approximate surface area is 161 Å². The number of carbonyl (C=O) groups is 1. The van der Waals surface area contributed by atoms with Crippen LogP contribution in [0.4, 0.5) is 18.3 Å². The van der Waals surface area contributed by atoms with Gasteiger partial charge in [-0.2, -0.15) is 13.2 Å². The van der Waals surface area contributed by atoms with Gasteiger partial charge in [-0.3, -0.25) is 15.1 Å². The van der Waals surface area contributed by atoms with Crippen molar-refractivity contribution in [2.75, 3.05) is 5.32 Å². The first-order valence-corrected chi connectivity index (χ1v) is 8.82. The standard InChI is InChI=1S/C17H12ClF3N4OS/c1-9-6-23-14(8-22-9)15(26)25-16-24-7-12(27-16)5-10-4-11(17(19,20)21)2-3-13(10)18/h2-4,6-8H,5H2,1H3,(H,24,25,26). The van der Waals surface area contributed by atoms with Crippen LogP contribution in [0, 0.1) is 6.92 Å². The van der Waals surface area contributed by atoms with Gasteiger partial charge in [0.15, 0.2) is 5.13 Å². The summed E-state index contributed by atoms with van der Waals surface area (Å²) in [6, 6.07) is 3.18. The molecule has 0 unspecified atom stereocenters. The third-order valence-electron chi connectivity index (χ3n) is 3.53. The summed E-state index contributed by atoms with van der Waals surface area (Å²) < 4.78 is 38.6. The first-order valence-electron chi connectivity index (χ1n) is 7.62. The average molecular weight is 413 g/mol. The van der Waals surface area contributed by atoms with Crippen LogP contribution in [-0.2, 0) is 12.6 Å². The molecule has 2 aromatic heterocycles. The summed E-state index contributed by atoms with van der Waals surface area (Å²) in [7, 11) is 0. The fraction of sp³-hybridized carbons (Fsp3) is 0.176. The second kappa shape index (κ2) is 7.61. The summed E-state index contributed by atoms with van der Waals surface area (Å²) in [4.78, 5) is 24.8. The number of alkyl halides is 3. The monoisotopic (exact) mass is 412 g/mol. The Morgan fingerprint density at radius 1 is 1.19 bits per heavy atom. The van der Waals surface area contributed by atoms with Crippen LogP contribution in [0.1, 0.15) is 32.2 Å². The van der Waals surface area contributed by atoms with Crippen molar-refractivity contribution in [1.82, 2.24) is 15.0 Å². The van der Waals surface area contributed by atoms with Crippen LogP contribution >= 0.6 is 22.9 Å². The molecule has 3 aromatic rings. The van der Waals surface area contributed by atoms with Crippen molar-refractivity contribution in [2.24, 2.45) is 0 Å². The summed E-state index contributed by atoms with van der Waals surface area (Å²) in [6.07, 6.45) is 0.0268. The van der Waals surface area contributed by atoms with E-state index in [1.165, 1.54) is 24.7 Å². The molecule has 0 bridgehead atoms. The SMILES string of the molecule is Cc1cnc(C(=O)Nc2ncc(Cc3cc(C(F)(F)F)ccc3Cl)s2)cn1. The van der Waals surface area contributed by atoms with Gasteiger partial charge in [-0.05, 0) is 30.7 Å². The first-order chi connectivity index (χ1) is 12.7. The maximum Gasteiger partial charge on any atom is 0.416 e. The smallest absolute Gasteiger partial charge is 0.296 e. The number of amides is 1. The molecule has 27 heavy (non-hydrogen) atoms. The van der Waals surface area contributed by atoms with Crippen molar-refractivity contribution >= 4 is 34.0 Å². The Bertz CT molecular complexity index is 973. The fourth-order valence-corrected chi connectivity index (χ4v) is 3.21. The number of nitrogens with one attached hydrogen (secondary N) is 1. The van der Waals surface area contributed by atoms with E-state index in [-0.39, 0.29) is 17.1 Å². The number of aromatic nitrogens is 3. The maximum absolute atomic E-state index is 12.9. The highest BCUT2D eigenvalue weighted by Crippen LogP contribution is 2.33. The van der Waals surface area contributed by atoms with E-state index in [0.717, 1.165) is 23.5 Å². The summed E-state index contributed by atoms with van der Waals surface area (Å²) in [5.41, 5.74) is 0.384. The van der Waals surface area contributed by atoms with Crippen LogP contribution in [0.5, 0.6) is 0 Å². The topological polar surface area (TPSA) is 67.8 Å². The lowest BCUT2D eigenvalue weighted by Crippen LogP contribution is -2.13. The van der Waals surface area contributed by atoms with Crippen LogP contribution in [0.25, 0.3) is 0 Å². The Kier molecular flexibility index (Phi) is 5.43. The van der Waals surface area contributed by atoms with Gasteiger partial charge in [0.05, 0.1) is 17.5 Å². The van der Waals surface area contributed by atoms with E-state index in [4.69, 9.17) is 11.6 Å². The van der Waals surface area contributed by atoms with Gasteiger partial charge in [0.2, 0.25) is 0 Å². The lowest BCUT2D eigenvalue weighted by atomic mass is 10.1. The molecule has 0 saturated carbocycles. The highest BCUT2D eigenvalue weighted by atomic mass is 35.5. The van der Waals surface area contributed by atoms with Crippen molar-refractivity contribution in [3.05, 3.63) is 69.2 Å². The summed E-state index contributed by atoms with van der Waals surface area (Å²) in [5, 5.41) is 3.13. The van der Waals surface area contributed by atoms with Gasteiger partial charge >= 0.3 is 6.18 Å². The van der Waals surface area contributed by atoms with Crippen molar-refractivity contribution < 1.29 is 18.0 Å². The second-order valence-electron chi connectivity index (χ2n) is 5.61. The van der Waals surface area contributed by atoms with E-state index in [2.05, 4.69) is 20.3 Å². The number of nitrogens with zero attached hydrogens (tertiary/aromatic N) is 3. The van der Waals surface area contributed by atoms with Crippen molar-refractivity contribution in [1.29, 1.82) is 0 Å². The van der Waals surface area contributed by atoms with Crippen LogP contribution in [-0.4, -0.2) is 20.9 Å². The Balaban J connectivity index is 1.73. The number of halogens is 4. The Hall–Kier alpha value is -2.52. The number of aryl methyl sites for hydroxylation is 1. The Morgan fingerprint density at radius 2 is 1.96 bits per heavy atom. The fourth-order valence-electron chi connectivity index (χ4n) is 2.19. The molecule has 3 rings (SSSR count). The first kappa shape index (κ1) is 19.2. The molecule has 0 aliphatic heterocycles. The minimum absolute atomic E-state index is 0.137. The average Bonchev–Trinajstić information content (AvgIpc) is 3.03. The molecule has 1 N–H and O–H groups in total. The summed E-state index contributed by atoms with van der Waals surface area (Å²) in [5.74, 6) is -0.472. The quantitative estimate of drug-likeness (QED) is 0.671. The van der Waals surface area contributed by atoms with Gasteiger partial charge in [-0.1, -0.05) is 11.6 Å². The van der Waals surface area contributed by atoms with Crippen LogP contribution < -0.4 is 5.32 Å². The number of rotatable bonds is 4. The zero-order chi connectivity index (χ0) is 19.6. The van der Waals surface area contributed by atoms with Crippen LogP contribution in [0.3, 0.4) is 0 Å². The molecule has 2 heterocycles. The van der Waals surface area contributed by atoms with Gasteiger partial charge in [0.1, 0.15) is 5.69 Å². The molecule has 140 valence electrons. The van der Waals surface area contributed by atoms with Crippen molar-refractivity contribution in [2.45, 2.75) is 19.5 Å². The predicted octanol–water partition coefficient (Wildman–Crippen LogP) is 4.76. The molecule has 0 saturated heterocycles. The molecule has 10 heteroatoms. The molecule has 1 amide bonds. The lowest BCUT2D eigenvalue weighted by Gasteiger charge is -2.09. The molecular weight excluding hydrogens is 401 g/mol. The zero-order valence-electron chi connectivity index (χ0n) is 13.8.